The number of nitrogen functional groups attached to an aromatic ring is 1. The molecule has 3 N–H and O–H groups in total. The molecule has 0 aliphatic carbocycles. The van der Waals surface area contributed by atoms with Gasteiger partial charge in [0.2, 0.25) is 11.0 Å². The Bertz CT molecular complexity index is 635. The lowest BCUT2D eigenvalue weighted by Crippen LogP contribution is -2.22. The van der Waals surface area contributed by atoms with E-state index in [2.05, 4.69) is 15.5 Å². The van der Waals surface area contributed by atoms with Gasteiger partial charge in [0.1, 0.15) is 0 Å². The lowest BCUT2D eigenvalue weighted by atomic mass is 10.3. The van der Waals surface area contributed by atoms with Crippen molar-refractivity contribution in [3.05, 3.63) is 28.2 Å². The van der Waals surface area contributed by atoms with E-state index in [0.29, 0.717) is 25.2 Å². The van der Waals surface area contributed by atoms with Crippen LogP contribution in [-0.4, -0.2) is 21.4 Å². The van der Waals surface area contributed by atoms with Crippen molar-refractivity contribution in [2.75, 3.05) is 11.1 Å². The maximum atomic E-state index is 12.0. The van der Waals surface area contributed by atoms with Crippen molar-refractivity contribution in [3.8, 4) is 0 Å². The van der Waals surface area contributed by atoms with Gasteiger partial charge in [0.05, 0.1) is 15.3 Å². The molecule has 0 saturated carbocycles. The van der Waals surface area contributed by atoms with Crippen molar-refractivity contribution < 1.29 is 4.79 Å². The standard InChI is InChI=1S/C11H10Cl2N4OS2/c1-5(19-11-17-16-10(14)20-11)9(18)15-6-2-3-7(12)8(13)4-6/h2-5H,1H3,(H2,14,16)(H,15,18). The van der Waals surface area contributed by atoms with Crippen molar-refractivity contribution >= 4 is 63.0 Å². The molecular weight excluding hydrogens is 339 g/mol. The summed E-state index contributed by atoms with van der Waals surface area (Å²) >= 11 is 14.2. The molecule has 1 amide bonds. The van der Waals surface area contributed by atoms with Gasteiger partial charge in [0.15, 0.2) is 4.34 Å². The SMILES string of the molecule is CC(Sc1nnc(N)s1)C(=O)Nc1ccc(Cl)c(Cl)c1. The molecule has 0 aliphatic heterocycles. The van der Waals surface area contributed by atoms with E-state index in [-0.39, 0.29) is 11.2 Å². The lowest BCUT2D eigenvalue weighted by molar-refractivity contribution is -0.115. The molecule has 20 heavy (non-hydrogen) atoms. The minimum Gasteiger partial charge on any atom is -0.374 e. The molecule has 0 fully saturated rings. The number of benzene rings is 1. The van der Waals surface area contributed by atoms with Crippen LogP contribution in [0.5, 0.6) is 0 Å². The fourth-order valence-electron chi connectivity index (χ4n) is 1.29. The van der Waals surface area contributed by atoms with Gasteiger partial charge in [-0.2, -0.15) is 0 Å². The van der Waals surface area contributed by atoms with Crippen molar-refractivity contribution in [1.82, 2.24) is 10.2 Å². The molecule has 106 valence electrons. The maximum Gasteiger partial charge on any atom is 0.237 e. The third-order valence-electron chi connectivity index (χ3n) is 2.26. The highest BCUT2D eigenvalue weighted by Crippen LogP contribution is 2.29. The Labute approximate surface area is 133 Å². The number of carbonyl (C=O) groups excluding carboxylic acids is 1. The normalized spacial score (nSPS) is 12.2. The summed E-state index contributed by atoms with van der Waals surface area (Å²) in [6, 6.07) is 4.91. The number of hydrogen-bond acceptors (Lipinski definition) is 6. The average Bonchev–Trinajstić information content (AvgIpc) is 2.79. The van der Waals surface area contributed by atoms with Crippen molar-refractivity contribution in [2.45, 2.75) is 16.5 Å². The van der Waals surface area contributed by atoms with E-state index < -0.39 is 0 Å². The Kier molecular flexibility index (Phi) is 5.09. The minimum absolute atomic E-state index is 0.165. The molecule has 5 nitrogen and oxygen atoms in total. The molecule has 9 heteroatoms. The highest BCUT2D eigenvalue weighted by Gasteiger charge is 2.17. The van der Waals surface area contributed by atoms with Crippen LogP contribution in [0.1, 0.15) is 6.92 Å². The van der Waals surface area contributed by atoms with Crippen LogP contribution < -0.4 is 11.1 Å². The second kappa shape index (κ2) is 6.62. The van der Waals surface area contributed by atoms with Crippen LogP contribution in [0.3, 0.4) is 0 Å². The van der Waals surface area contributed by atoms with E-state index in [1.807, 2.05) is 0 Å². The smallest absolute Gasteiger partial charge is 0.237 e. The largest absolute Gasteiger partial charge is 0.374 e. The van der Waals surface area contributed by atoms with Crippen LogP contribution in [0.4, 0.5) is 10.8 Å². The second-order valence-electron chi connectivity index (χ2n) is 3.78. The van der Waals surface area contributed by atoms with Crippen molar-refractivity contribution in [3.63, 3.8) is 0 Å². The summed E-state index contributed by atoms with van der Waals surface area (Å²) in [6.07, 6.45) is 0. The first-order valence-corrected chi connectivity index (χ1v) is 7.92. The molecule has 1 atom stereocenters. The predicted octanol–water partition coefficient (Wildman–Crippen LogP) is 3.55. The average molecular weight is 349 g/mol. The summed E-state index contributed by atoms with van der Waals surface area (Å²) < 4.78 is 0.652. The number of hydrogen-bond donors (Lipinski definition) is 2. The Balaban J connectivity index is 1.98. The predicted molar refractivity (Wildman–Crippen MR) is 84.7 cm³/mol. The van der Waals surface area contributed by atoms with Crippen LogP contribution in [0.2, 0.25) is 10.0 Å². The van der Waals surface area contributed by atoms with Crippen LogP contribution >= 0.6 is 46.3 Å². The summed E-state index contributed by atoms with van der Waals surface area (Å²) in [7, 11) is 0. The summed E-state index contributed by atoms with van der Waals surface area (Å²) in [5.74, 6) is -0.165. The number of rotatable bonds is 4. The molecule has 1 unspecified atom stereocenters. The van der Waals surface area contributed by atoms with Gasteiger partial charge in [0, 0.05) is 5.69 Å². The molecule has 0 saturated heterocycles. The highest BCUT2D eigenvalue weighted by molar-refractivity contribution is 8.02. The number of nitrogens with zero attached hydrogens (tertiary/aromatic N) is 2. The van der Waals surface area contributed by atoms with Crippen molar-refractivity contribution in [2.24, 2.45) is 0 Å². The van der Waals surface area contributed by atoms with Gasteiger partial charge in [-0.25, -0.2) is 0 Å². The fourth-order valence-corrected chi connectivity index (χ4v) is 3.37. The quantitative estimate of drug-likeness (QED) is 0.825. The van der Waals surface area contributed by atoms with Gasteiger partial charge in [-0.3, -0.25) is 4.79 Å². The van der Waals surface area contributed by atoms with Gasteiger partial charge in [-0.1, -0.05) is 46.3 Å². The van der Waals surface area contributed by atoms with E-state index >= 15 is 0 Å². The third kappa shape index (κ3) is 3.99. The molecule has 1 aromatic heterocycles. The minimum atomic E-state index is -0.336. The third-order valence-corrected chi connectivity index (χ3v) is 4.93. The lowest BCUT2D eigenvalue weighted by Gasteiger charge is -2.10. The molecule has 0 radical (unpaired) electrons. The zero-order valence-electron chi connectivity index (χ0n) is 10.3. The van der Waals surface area contributed by atoms with Gasteiger partial charge in [0.25, 0.3) is 0 Å². The number of anilines is 2. The first kappa shape index (κ1) is 15.4. The maximum absolute atomic E-state index is 12.0. The zero-order valence-corrected chi connectivity index (χ0v) is 13.4. The highest BCUT2D eigenvalue weighted by atomic mass is 35.5. The second-order valence-corrected chi connectivity index (χ2v) is 7.20. The first-order valence-electron chi connectivity index (χ1n) is 5.47. The Morgan fingerprint density at radius 3 is 2.75 bits per heavy atom. The van der Waals surface area contributed by atoms with Crippen LogP contribution in [0, 0.1) is 0 Å². The van der Waals surface area contributed by atoms with Crippen LogP contribution in [0.25, 0.3) is 0 Å². The number of amides is 1. The van der Waals surface area contributed by atoms with E-state index in [1.54, 1.807) is 25.1 Å². The molecule has 0 spiro atoms. The van der Waals surface area contributed by atoms with E-state index in [1.165, 1.54) is 23.1 Å². The molecule has 2 aromatic rings. The zero-order chi connectivity index (χ0) is 14.7. The van der Waals surface area contributed by atoms with Gasteiger partial charge in [-0.15, -0.1) is 10.2 Å². The van der Waals surface area contributed by atoms with Crippen LogP contribution in [0.15, 0.2) is 22.5 Å². The van der Waals surface area contributed by atoms with Gasteiger partial charge >= 0.3 is 0 Å². The van der Waals surface area contributed by atoms with Crippen molar-refractivity contribution in [1.29, 1.82) is 0 Å². The Morgan fingerprint density at radius 1 is 1.40 bits per heavy atom. The van der Waals surface area contributed by atoms with Gasteiger partial charge < -0.3 is 11.1 Å². The van der Waals surface area contributed by atoms with E-state index in [4.69, 9.17) is 28.9 Å². The van der Waals surface area contributed by atoms with Crippen LogP contribution in [-0.2, 0) is 4.79 Å². The molecule has 1 heterocycles. The number of halogens is 2. The molecular formula is C11H10Cl2N4OS2. The molecule has 2 rings (SSSR count). The monoisotopic (exact) mass is 348 g/mol. The number of carbonyl (C=O) groups is 1. The summed E-state index contributed by atoms with van der Waals surface area (Å²) in [5, 5.41) is 11.2. The topological polar surface area (TPSA) is 80.9 Å². The summed E-state index contributed by atoms with van der Waals surface area (Å²) in [5.41, 5.74) is 6.08. The summed E-state index contributed by atoms with van der Waals surface area (Å²) in [4.78, 5) is 12.0. The Hall–Kier alpha value is -1.02. The van der Waals surface area contributed by atoms with E-state index in [9.17, 15) is 4.79 Å². The summed E-state index contributed by atoms with van der Waals surface area (Å²) in [6.45, 7) is 1.77. The molecule has 1 aromatic carbocycles. The number of nitrogens with one attached hydrogen (secondary N) is 1. The Morgan fingerprint density at radius 2 is 2.15 bits per heavy atom. The molecule has 0 bridgehead atoms. The van der Waals surface area contributed by atoms with Gasteiger partial charge in [-0.05, 0) is 25.1 Å². The number of aromatic nitrogens is 2. The molecule has 0 aliphatic rings. The van der Waals surface area contributed by atoms with E-state index in [0.717, 1.165) is 0 Å². The fraction of sp³-hybridized carbons (Fsp3) is 0.182. The number of thioether (sulfide) groups is 1. The number of nitrogens with two attached hydrogens (primary N) is 1. The first-order chi connectivity index (χ1) is 9.45.